The minimum atomic E-state index is -4.74. The molecule has 0 saturated carbocycles. The molecule has 2 heterocycles. The van der Waals surface area contributed by atoms with E-state index in [0.717, 1.165) is 5.56 Å². The van der Waals surface area contributed by atoms with Crippen molar-refractivity contribution < 1.29 is 32.5 Å². The first-order valence-corrected chi connectivity index (χ1v) is 7.66. The zero-order valence-electron chi connectivity index (χ0n) is 12.8. The quantitative estimate of drug-likeness (QED) is 0.895. The van der Waals surface area contributed by atoms with Gasteiger partial charge in [0, 0.05) is 12.8 Å². The predicted octanol–water partition coefficient (Wildman–Crippen LogP) is 2.48. The number of halogens is 3. The number of nitrogens with zero attached hydrogens (tertiary/aromatic N) is 1. The van der Waals surface area contributed by atoms with Crippen molar-refractivity contribution in [3.8, 4) is 0 Å². The van der Waals surface area contributed by atoms with Gasteiger partial charge in [-0.2, -0.15) is 13.2 Å². The first-order chi connectivity index (χ1) is 11.3. The van der Waals surface area contributed by atoms with E-state index in [4.69, 9.17) is 9.47 Å². The van der Waals surface area contributed by atoms with E-state index in [1.807, 2.05) is 6.07 Å². The van der Waals surface area contributed by atoms with Crippen LogP contribution in [0.4, 0.5) is 18.0 Å². The summed E-state index contributed by atoms with van der Waals surface area (Å²) in [5.41, 5.74) is -2.00. The highest BCUT2D eigenvalue weighted by atomic mass is 19.4. The number of morpholine rings is 1. The van der Waals surface area contributed by atoms with Gasteiger partial charge in [-0.25, -0.2) is 4.79 Å². The van der Waals surface area contributed by atoms with Gasteiger partial charge < -0.3 is 14.6 Å². The molecule has 0 radical (unpaired) electrons. The maximum absolute atomic E-state index is 13.1. The molecule has 0 aromatic heterocycles. The molecular weight excluding hydrogens is 327 g/mol. The van der Waals surface area contributed by atoms with Crippen LogP contribution >= 0.6 is 0 Å². The zero-order valence-corrected chi connectivity index (χ0v) is 12.8. The van der Waals surface area contributed by atoms with Crippen LogP contribution in [0.1, 0.15) is 18.4 Å². The fourth-order valence-corrected chi connectivity index (χ4v) is 3.30. The summed E-state index contributed by atoms with van der Waals surface area (Å²) >= 11 is 0. The molecule has 0 aliphatic carbocycles. The minimum Gasteiger partial charge on any atom is -0.445 e. The molecule has 1 aromatic rings. The summed E-state index contributed by atoms with van der Waals surface area (Å²) in [6.45, 7) is -0.0509. The predicted molar refractivity (Wildman–Crippen MR) is 77.1 cm³/mol. The van der Waals surface area contributed by atoms with Crippen molar-refractivity contribution in [2.24, 2.45) is 0 Å². The molecule has 2 bridgehead atoms. The topological polar surface area (TPSA) is 59.0 Å². The third kappa shape index (κ3) is 3.21. The van der Waals surface area contributed by atoms with Crippen molar-refractivity contribution >= 4 is 6.09 Å². The summed E-state index contributed by atoms with van der Waals surface area (Å²) in [6, 6.07) is 7.30. The SMILES string of the molecule is O=C(OCc1ccccc1)N1C2COCC1CC(O)(C(F)(F)F)C2. The van der Waals surface area contributed by atoms with Crippen molar-refractivity contribution in [2.75, 3.05) is 13.2 Å². The van der Waals surface area contributed by atoms with Crippen LogP contribution in [0.3, 0.4) is 0 Å². The van der Waals surface area contributed by atoms with Gasteiger partial charge in [-0.3, -0.25) is 4.90 Å². The van der Waals surface area contributed by atoms with Crippen LogP contribution < -0.4 is 0 Å². The normalized spacial score (nSPS) is 30.1. The zero-order chi connectivity index (χ0) is 17.4. The number of alkyl halides is 3. The summed E-state index contributed by atoms with van der Waals surface area (Å²) in [7, 11) is 0. The molecule has 1 aromatic carbocycles. The Labute approximate surface area is 137 Å². The number of carbonyl (C=O) groups is 1. The number of fused-ring (bicyclic) bond motifs is 2. The van der Waals surface area contributed by atoms with Gasteiger partial charge in [0.15, 0.2) is 5.60 Å². The van der Waals surface area contributed by atoms with Gasteiger partial charge in [0.05, 0.1) is 25.3 Å². The van der Waals surface area contributed by atoms with Crippen LogP contribution in [0.2, 0.25) is 0 Å². The molecule has 0 spiro atoms. The van der Waals surface area contributed by atoms with Gasteiger partial charge in [-0.05, 0) is 5.56 Å². The van der Waals surface area contributed by atoms with Crippen molar-refractivity contribution in [3.63, 3.8) is 0 Å². The van der Waals surface area contributed by atoms with Crippen LogP contribution in [-0.4, -0.2) is 53.2 Å². The van der Waals surface area contributed by atoms with E-state index in [2.05, 4.69) is 0 Å². The smallest absolute Gasteiger partial charge is 0.417 e. The molecule has 2 fully saturated rings. The summed E-state index contributed by atoms with van der Waals surface area (Å²) < 4.78 is 49.8. The molecule has 5 nitrogen and oxygen atoms in total. The highest BCUT2D eigenvalue weighted by Gasteiger charge is 2.61. The second-order valence-electron chi connectivity index (χ2n) is 6.23. The Morgan fingerprint density at radius 2 is 1.83 bits per heavy atom. The van der Waals surface area contributed by atoms with Crippen molar-refractivity contribution in [1.29, 1.82) is 0 Å². The van der Waals surface area contributed by atoms with Crippen molar-refractivity contribution in [2.45, 2.75) is 43.3 Å². The average Bonchev–Trinajstić information content (AvgIpc) is 2.52. The molecule has 2 aliphatic rings. The first-order valence-electron chi connectivity index (χ1n) is 7.66. The number of hydrogen-bond acceptors (Lipinski definition) is 4. The molecular formula is C16H18F3NO4. The molecule has 2 unspecified atom stereocenters. The fraction of sp³-hybridized carbons (Fsp3) is 0.562. The molecule has 1 amide bonds. The summed E-state index contributed by atoms with van der Waals surface area (Å²) in [5.74, 6) is 0. The van der Waals surface area contributed by atoms with E-state index in [1.54, 1.807) is 24.3 Å². The van der Waals surface area contributed by atoms with E-state index in [1.165, 1.54) is 4.90 Å². The number of rotatable bonds is 2. The number of hydrogen-bond donors (Lipinski definition) is 1. The monoisotopic (exact) mass is 345 g/mol. The highest BCUT2D eigenvalue weighted by Crippen LogP contribution is 2.44. The van der Waals surface area contributed by atoms with Crippen LogP contribution in [-0.2, 0) is 16.1 Å². The number of carbonyl (C=O) groups excluding carboxylic acids is 1. The van der Waals surface area contributed by atoms with Gasteiger partial charge in [0.1, 0.15) is 6.61 Å². The van der Waals surface area contributed by atoms with Crippen molar-refractivity contribution in [3.05, 3.63) is 35.9 Å². The maximum atomic E-state index is 13.1. The van der Waals surface area contributed by atoms with Gasteiger partial charge in [0.2, 0.25) is 0 Å². The minimum absolute atomic E-state index is 0.0417. The highest BCUT2D eigenvalue weighted by molar-refractivity contribution is 5.69. The van der Waals surface area contributed by atoms with Gasteiger partial charge in [-0.1, -0.05) is 30.3 Å². The largest absolute Gasteiger partial charge is 0.445 e. The first kappa shape index (κ1) is 17.0. The van der Waals surface area contributed by atoms with Gasteiger partial charge >= 0.3 is 12.3 Å². The molecule has 3 rings (SSSR count). The molecule has 1 N–H and O–H groups in total. The standard InChI is InChI=1S/C16H18F3NO4/c17-16(18,19)15(22)6-12-9-23-10-13(7-15)20(12)14(21)24-8-11-4-2-1-3-5-11/h1-5,12-13,22H,6-10H2. The Kier molecular flexibility index (Phi) is 4.44. The summed E-state index contributed by atoms with van der Waals surface area (Å²) in [6.07, 6.45) is -6.62. The Bertz CT molecular complexity index is 579. The van der Waals surface area contributed by atoms with Gasteiger partial charge in [0.25, 0.3) is 0 Å². The van der Waals surface area contributed by atoms with E-state index < -0.39 is 42.8 Å². The molecule has 8 heteroatoms. The second kappa shape index (κ2) is 6.25. The number of amides is 1. The Morgan fingerprint density at radius 1 is 1.25 bits per heavy atom. The summed E-state index contributed by atoms with van der Waals surface area (Å²) in [4.78, 5) is 13.6. The third-order valence-electron chi connectivity index (χ3n) is 4.50. The Balaban J connectivity index is 1.69. The lowest BCUT2D eigenvalue weighted by atomic mass is 9.81. The Hall–Kier alpha value is -1.80. The lowest BCUT2D eigenvalue weighted by molar-refractivity contribution is -0.290. The van der Waals surface area contributed by atoms with Crippen LogP contribution in [0, 0.1) is 0 Å². The summed E-state index contributed by atoms with van der Waals surface area (Å²) in [5, 5.41) is 9.96. The number of benzene rings is 1. The number of piperidine rings is 1. The van der Waals surface area contributed by atoms with E-state index in [-0.39, 0.29) is 19.8 Å². The number of ether oxygens (including phenoxy) is 2. The molecule has 2 atom stereocenters. The average molecular weight is 345 g/mol. The lowest BCUT2D eigenvalue weighted by Crippen LogP contribution is -2.66. The molecule has 24 heavy (non-hydrogen) atoms. The van der Waals surface area contributed by atoms with E-state index >= 15 is 0 Å². The van der Waals surface area contributed by atoms with E-state index in [9.17, 15) is 23.1 Å². The van der Waals surface area contributed by atoms with Gasteiger partial charge in [-0.15, -0.1) is 0 Å². The third-order valence-corrected chi connectivity index (χ3v) is 4.50. The fourth-order valence-electron chi connectivity index (χ4n) is 3.30. The molecule has 132 valence electrons. The Morgan fingerprint density at radius 3 is 2.38 bits per heavy atom. The maximum Gasteiger partial charge on any atom is 0.417 e. The van der Waals surface area contributed by atoms with Crippen LogP contribution in [0.5, 0.6) is 0 Å². The van der Waals surface area contributed by atoms with Crippen LogP contribution in [0.25, 0.3) is 0 Å². The molecule has 2 aliphatic heterocycles. The number of aliphatic hydroxyl groups is 1. The second-order valence-corrected chi connectivity index (χ2v) is 6.23. The lowest BCUT2D eigenvalue weighted by Gasteiger charge is -2.50. The molecule has 2 saturated heterocycles. The van der Waals surface area contributed by atoms with Crippen molar-refractivity contribution in [1.82, 2.24) is 4.90 Å². The van der Waals surface area contributed by atoms with E-state index in [0.29, 0.717) is 0 Å². The van der Waals surface area contributed by atoms with Crippen LogP contribution in [0.15, 0.2) is 30.3 Å².